The Morgan fingerprint density at radius 1 is 1.17 bits per heavy atom. The van der Waals surface area contributed by atoms with Crippen molar-refractivity contribution in [1.29, 1.82) is 0 Å². The molecular formula is C11H23N3O3S. The number of hydrogen-bond acceptors (Lipinski definition) is 4. The van der Waals surface area contributed by atoms with Gasteiger partial charge < -0.3 is 10.1 Å². The van der Waals surface area contributed by atoms with E-state index in [1.54, 1.807) is 15.7 Å². The number of nitrogens with zero attached hydrogens (tertiary/aromatic N) is 2. The van der Waals surface area contributed by atoms with Crippen molar-refractivity contribution in [3.05, 3.63) is 0 Å². The molecule has 7 heteroatoms. The Kier molecular flexibility index (Phi) is 4.60. The molecule has 1 N–H and O–H groups in total. The standard InChI is InChI=1S/C11H23N3O3S/c1-10-3-6-14(9-11(10)17-2)18(15,16)13-7-4-12-5-8-13/h10-12H,3-9H2,1-2H3. The zero-order valence-electron chi connectivity index (χ0n) is 11.1. The van der Waals surface area contributed by atoms with Crippen molar-refractivity contribution in [1.82, 2.24) is 13.9 Å². The van der Waals surface area contributed by atoms with Crippen LogP contribution >= 0.6 is 0 Å². The molecule has 0 amide bonds. The van der Waals surface area contributed by atoms with Gasteiger partial charge in [0.05, 0.1) is 6.10 Å². The van der Waals surface area contributed by atoms with E-state index in [-0.39, 0.29) is 6.10 Å². The molecule has 2 aliphatic rings. The zero-order valence-corrected chi connectivity index (χ0v) is 11.9. The van der Waals surface area contributed by atoms with Crippen molar-refractivity contribution in [2.24, 2.45) is 5.92 Å². The van der Waals surface area contributed by atoms with Gasteiger partial charge in [-0.3, -0.25) is 0 Å². The fourth-order valence-corrected chi connectivity index (χ4v) is 4.20. The van der Waals surface area contributed by atoms with Crippen molar-refractivity contribution in [2.45, 2.75) is 19.4 Å². The van der Waals surface area contributed by atoms with Crippen molar-refractivity contribution in [3.63, 3.8) is 0 Å². The maximum absolute atomic E-state index is 12.5. The molecule has 2 saturated heterocycles. The molecule has 0 bridgehead atoms. The van der Waals surface area contributed by atoms with Crippen LogP contribution in [0.5, 0.6) is 0 Å². The number of piperidine rings is 1. The number of ether oxygens (including phenoxy) is 1. The summed E-state index contributed by atoms with van der Waals surface area (Å²) < 4.78 is 33.5. The van der Waals surface area contributed by atoms with Gasteiger partial charge in [-0.15, -0.1) is 0 Å². The fourth-order valence-electron chi connectivity index (χ4n) is 2.56. The molecule has 2 heterocycles. The summed E-state index contributed by atoms with van der Waals surface area (Å²) in [5.41, 5.74) is 0. The average Bonchev–Trinajstić information content (AvgIpc) is 2.40. The molecule has 6 nitrogen and oxygen atoms in total. The van der Waals surface area contributed by atoms with Crippen LogP contribution in [0.2, 0.25) is 0 Å². The van der Waals surface area contributed by atoms with E-state index < -0.39 is 10.2 Å². The molecular weight excluding hydrogens is 254 g/mol. The Balaban J connectivity index is 2.05. The number of piperazine rings is 1. The first-order valence-electron chi connectivity index (χ1n) is 6.54. The second-order valence-corrected chi connectivity index (χ2v) is 6.98. The summed E-state index contributed by atoms with van der Waals surface area (Å²) in [4.78, 5) is 0. The monoisotopic (exact) mass is 277 g/mol. The first kappa shape index (κ1) is 14.2. The number of nitrogens with one attached hydrogen (secondary N) is 1. The first-order chi connectivity index (χ1) is 8.55. The van der Waals surface area contributed by atoms with Gasteiger partial charge in [0, 0.05) is 46.4 Å². The Labute approximate surface area is 109 Å². The van der Waals surface area contributed by atoms with Crippen LogP contribution in [-0.4, -0.2) is 69.5 Å². The summed E-state index contributed by atoms with van der Waals surface area (Å²) in [6, 6.07) is 0. The van der Waals surface area contributed by atoms with Gasteiger partial charge in [0.1, 0.15) is 0 Å². The van der Waals surface area contributed by atoms with Gasteiger partial charge in [-0.2, -0.15) is 17.0 Å². The molecule has 2 atom stereocenters. The quantitative estimate of drug-likeness (QED) is 0.755. The van der Waals surface area contributed by atoms with E-state index in [2.05, 4.69) is 12.2 Å². The van der Waals surface area contributed by atoms with E-state index in [0.717, 1.165) is 19.5 Å². The van der Waals surface area contributed by atoms with E-state index in [9.17, 15) is 8.42 Å². The average molecular weight is 277 g/mol. The minimum absolute atomic E-state index is 0.0106. The third-order valence-corrected chi connectivity index (χ3v) is 5.89. The van der Waals surface area contributed by atoms with Gasteiger partial charge in [0.2, 0.25) is 0 Å². The number of rotatable bonds is 3. The second-order valence-electron chi connectivity index (χ2n) is 5.05. The summed E-state index contributed by atoms with van der Waals surface area (Å²) in [6.07, 6.45) is 0.876. The highest BCUT2D eigenvalue weighted by atomic mass is 32.2. The van der Waals surface area contributed by atoms with E-state index in [4.69, 9.17) is 4.74 Å². The highest BCUT2D eigenvalue weighted by molar-refractivity contribution is 7.86. The molecule has 0 aromatic carbocycles. The summed E-state index contributed by atoms with van der Waals surface area (Å²) in [5.74, 6) is 0.421. The van der Waals surface area contributed by atoms with Gasteiger partial charge in [0.15, 0.2) is 0 Å². The van der Waals surface area contributed by atoms with Gasteiger partial charge in [-0.05, 0) is 12.3 Å². The van der Waals surface area contributed by atoms with Crippen molar-refractivity contribution >= 4 is 10.2 Å². The largest absolute Gasteiger partial charge is 0.380 e. The maximum atomic E-state index is 12.5. The van der Waals surface area contributed by atoms with Crippen LogP contribution in [-0.2, 0) is 14.9 Å². The summed E-state index contributed by atoms with van der Waals surface area (Å²) in [5, 5.41) is 3.17. The lowest BCUT2D eigenvalue weighted by Gasteiger charge is -2.38. The molecule has 0 aromatic heterocycles. The van der Waals surface area contributed by atoms with Crippen LogP contribution in [0.1, 0.15) is 13.3 Å². The highest BCUT2D eigenvalue weighted by Gasteiger charge is 2.36. The molecule has 2 rings (SSSR count). The molecule has 0 saturated carbocycles. The lowest BCUT2D eigenvalue weighted by molar-refractivity contribution is 0.0167. The third kappa shape index (κ3) is 2.85. The summed E-state index contributed by atoms with van der Waals surface area (Å²) in [7, 11) is -1.65. The van der Waals surface area contributed by atoms with Crippen LogP contribution in [0, 0.1) is 5.92 Å². The molecule has 106 valence electrons. The third-order valence-electron chi connectivity index (χ3n) is 3.88. The van der Waals surface area contributed by atoms with Crippen LogP contribution in [0.3, 0.4) is 0 Å². The Bertz CT molecular complexity index is 368. The Hall–Kier alpha value is -0.210. The summed E-state index contributed by atoms with van der Waals surface area (Å²) >= 11 is 0. The molecule has 2 aliphatic heterocycles. The van der Waals surface area contributed by atoms with E-state index in [0.29, 0.717) is 32.1 Å². The number of hydrogen-bond donors (Lipinski definition) is 1. The summed E-state index contributed by atoms with van der Waals surface area (Å²) in [6.45, 7) is 5.78. The van der Waals surface area contributed by atoms with Crippen molar-refractivity contribution < 1.29 is 13.2 Å². The van der Waals surface area contributed by atoms with Gasteiger partial charge in [-0.25, -0.2) is 0 Å². The van der Waals surface area contributed by atoms with E-state index >= 15 is 0 Å². The molecule has 0 radical (unpaired) electrons. The van der Waals surface area contributed by atoms with Crippen molar-refractivity contribution in [3.8, 4) is 0 Å². The van der Waals surface area contributed by atoms with Crippen molar-refractivity contribution in [2.75, 3.05) is 46.4 Å². The minimum Gasteiger partial charge on any atom is -0.380 e. The predicted molar refractivity (Wildman–Crippen MR) is 69.5 cm³/mol. The lowest BCUT2D eigenvalue weighted by Crippen LogP contribution is -2.55. The molecule has 2 unspecified atom stereocenters. The van der Waals surface area contributed by atoms with Crippen LogP contribution in [0.15, 0.2) is 0 Å². The van der Waals surface area contributed by atoms with Crippen LogP contribution in [0.4, 0.5) is 0 Å². The maximum Gasteiger partial charge on any atom is 0.282 e. The van der Waals surface area contributed by atoms with Crippen LogP contribution < -0.4 is 5.32 Å². The zero-order chi connectivity index (χ0) is 13.2. The fraction of sp³-hybridized carbons (Fsp3) is 1.00. The highest BCUT2D eigenvalue weighted by Crippen LogP contribution is 2.23. The van der Waals surface area contributed by atoms with Gasteiger partial charge >= 0.3 is 0 Å². The first-order valence-corrected chi connectivity index (χ1v) is 7.94. The van der Waals surface area contributed by atoms with Gasteiger partial charge in [0.25, 0.3) is 10.2 Å². The topological polar surface area (TPSA) is 61.9 Å². The SMILES string of the molecule is COC1CN(S(=O)(=O)N2CCNCC2)CCC1C. The van der Waals surface area contributed by atoms with Gasteiger partial charge in [-0.1, -0.05) is 6.92 Å². The smallest absolute Gasteiger partial charge is 0.282 e. The molecule has 2 fully saturated rings. The predicted octanol–water partition coefficient (Wildman–Crippen LogP) is -0.507. The normalized spacial score (nSPS) is 32.6. The molecule has 0 spiro atoms. The second kappa shape index (κ2) is 5.83. The van der Waals surface area contributed by atoms with E-state index in [1.807, 2.05) is 0 Å². The molecule has 18 heavy (non-hydrogen) atoms. The minimum atomic E-state index is -3.30. The van der Waals surface area contributed by atoms with E-state index in [1.165, 1.54) is 0 Å². The lowest BCUT2D eigenvalue weighted by atomic mass is 9.97. The Morgan fingerprint density at radius 3 is 2.44 bits per heavy atom. The van der Waals surface area contributed by atoms with Crippen LogP contribution in [0.25, 0.3) is 0 Å². The molecule has 0 aliphatic carbocycles. The molecule has 0 aromatic rings. The number of methoxy groups -OCH3 is 1. The Morgan fingerprint density at radius 2 is 1.83 bits per heavy atom.